The molecular formula is C23H31BrO5. The quantitative estimate of drug-likeness (QED) is 0.466. The van der Waals surface area contributed by atoms with E-state index < -0.39 is 0 Å². The number of carbonyl (C=O) groups excluding carboxylic acids is 3. The van der Waals surface area contributed by atoms with E-state index in [0.29, 0.717) is 36.4 Å². The molecule has 5 nitrogen and oxygen atoms in total. The van der Waals surface area contributed by atoms with Gasteiger partial charge < -0.3 is 9.47 Å². The van der Waals surface area contributed by atoms with Crippen LogP contribution in [-0.4, -0.2) is 41.2 Å². The van der Waals surface area contributed by atoms with E-state index in [0.717, 1.165) is 45.1 Å². The summed E-state index contributed by atoms with van der Waals surface area (Å²) < 4.78 is 11.2. The number of esters is 1. The second kappa shape index (κ2) is 6.62. The highest BCUT2D eigenvalue weighted by Gasteiger charge is 2.72. The Kier molecular flexibility index (Phi) is 4.61. The van der Waals surface area contributed by atoms with Gasteiger partial charge in [-0.3, -0.25) is 14.4 Å². The average molecular weight is 467 g/mol. The minimum Gasteiger partial charge on any atom is -0.458 e. The van der Waals surface area contributed by atoms with Crippen LogP contribution in [0.25, 0.3) is 0 Å². The molecule has 160 valence electrons. The summed E-state index contributed by atoms with van der Waals surface area (Å²) in [6, 6.07) is 0. The summed E-state index contributed by atoms with van der Waals surface area (Å²) in [7, 11) is 0. The maximum atomic E-state index is 12.9. The molecule has 2 bridgehead atoms. The SMILES string of the molecule is CC(=O)OCC(=O)[C@H]1CCC2C3C[C@H]4OC[C@@]5(CCC(=O)C[C@]45Br)C3CC[C@@]21C. The Hall–Kier alpha value is -0.750. The number of Topliss-reactive ketones (excluding diaryl/α,β-unsaturated/α-hetero) is 2. The molecule has 8 atom stereocenters. The maximum absolute atomic E-state index is 12.9. The van der Waals surface area contributed by atoms with Crippen LogP contribution in [0.4, 0.5) is 0 Å². The Morgan fingerprint density at radius 2 is 2.00 bits per heavy atom. The van der Waals surface area contributed by atoms with Gasteiger partial charge in [-0.25, -0.2) is 0 Å². The summed E-state index contributed by atoms with van der Waals surface area (Å²) in [5.41, 5.74) is 0.0565. The van der Waals surface area contributed by atoms with Gasteiger partial charge in [0, 0.05) is 31.1 Å². The lowest BCUT2D eigenvalue weighted by atomic mass is 9.44. The fourth-order valence-electron chi connectivity index (χ4n) is 8.34. The van der Waals surface area contributed by atoms with Gasteiger partial charge >= 0.3 is 5.97 Å². The van der Waals surface area contributed by atoms with E-state index in [9.17, 15) is 14.4 Å². The number of ketones is 2. The largest absolute Gasteiger partial charge is 0.458 e. The molecule has 0 aromatic rings. The van der Waals surface area contributed by atoms with E-state index >= 15 is 0 Å². The van der Waals surface area contributed by atoms with Crippen LogP contribution in [0, 0.1) is 34.5 Å². The van der Waals surface area contributed by atoms with Crippen LogP contribution in [0.1, 0.15) is 65.2 Å². The fraction of sp³-hybridized carbons (Fsp3) is 0.870. The lowest BCUT2D eigenvalue weighted by molar-refractivity contribution is -0.150. The second-order valence-electron chi connectivity index (χ2n) is 10.6. The van der Waals surface area contributed by atoms with E-state index in [2.05, 4.69) is 22.9 Å². The van der Waals surface area contributed by atoms with E-state index in [1.807, 2.05) is 0 Å². The number of hydrogen-bond donors (Lipinski definition) is 0. The number of carbonyl (C=O) groups is 3. The zero-order valence-electron chi connectivity index (χ0n) is 17.4. The Bertz CT molecular complexity index is 766. The molecule has 29 heavy (non-hydrogen) atoms. The van der Waals surface area contributed by atoms with Gasteiger partial charge in [0.1, 0.15) is 12.4 Å². The van der Waals surface area contributed by atoms with Crippen molar-refractivity contribution in [1.29, 1.82) is 0 Å². The molecular weight excluding hydrogens is 436 g/mol. The van der Waals surface area contributed by atoms with E-state index in [1.165, 1.54) is 6.92 Å². The summed E-state index contributed by atoms with van der Waals surface area (Å²) in [5, 5.41) is 0. The zero-order valence-corrected chi connectivity index (χ0v) is 19.0. The van der Waals surface area contributed by atoms with Gasteiger partial charge in [-0.1, -0.05) is 22.9 Å². The number of halogens is 1. The van der Waals surface area contributed by atoms with Crippen LogP contribution in [-0.2, 0) is 23.9 Å². The first-order chi connectivity index (χ1) is 13.7. The number of alkyl halides is 1. The van der Waals surface area contributed by atoms with Gasteiger partial charge in [-0.05, 0) is 61.7 Å². The molecule has 3 unspecified atom stereocenters. The molecule has 5 fully saturated rings. The molecule has 0 N–H and O–H groups in total. The zero-order chi connectivity index (χ0) is 20.6. The van der Waals surface area contributed by atoms with Crippen LogP contribution in [0.2, 0.25) is 0 Å². The Balaban J connectivity index is 1.42. The summed E-state index contributed by atoms with van der Waals surface area (Å²) in [6.45, 7) is 4.35. The molecule has 1 aliphatic heterocycles. The van der Waals surface area contributed by atoms with Crippen molar-refractivity contribution >= 4 is 33.5 Å². The first-order valence-electron chi connectivity index (χ1n) is 11.2. The average Bonchev–Trinajstić information content (AvgIpc) is 3.08. The van der Waals surface area contributed by atoms with Crippen LogP contribution in [0.5, 0.6) is 0 Å². The van der Waals surface area contributed by atoms with Crippen molar-refractivity contribution in [1.82, 2.24) is 0 Å². The molecule has 5 rings (SSSR count). The van der Waals surface area contributed by atoms with Crippen LogP contribution < -0.4 is 0 Å². The molecule has 0 radical (unpaired) electrons. The molecule has 1 heterocycles. The summed E-state index contributed by atoms with van der Waals surface area (Å²) >= 11 is 4.07. The highest BCUT2D eigenvalue weighted by Crippen LogP contribution is 2.72. The van der Waals surface area contributed by atoms with Gasteiger partial charge in [0.15, 0.2) is 5.78 Å². The Morgan fingerprint density at radius 3 is 2.76 bits per heavy atom. The summed E-state index contributed by atoms with van der Waals surface area (Å²) in [5.74, 6) is 1.71. The summed E-state index contributed by atoms with van der Waals surface area (Å²) in [6.07, 6.45) is 7.44. The van der Waals surface area contributed by atoms with Gasteiger partial charge in [0.25, 0.3) is 0 Å². The Labute approximate surface area is 180 Å². The third-order valence-corrected chi connectivity index (χ3v) is 11.2. The third-order valence-electron chi connectivity index (χ3n) is 9.62. The van der Waals surface area contributed by atoms with E-state index in [-0.39, 0.29) is 45.5 Å². The van der Waals surface area contributed by atoms with Gasteiger partial charge in [0.05, 0.1) is 17.0 Å². The molecule has 1 saturated heterocycles. The fourth-order valence-corrected chi connectivity index (χ4v) is 9.58. The van der Waals surface area contributed by atoms with Crippen molar-refractivity contribution in [3.63, 3.8) is 0 Å². The number of fused-ring (bicyclic) bond motifs is 3. The molecule has 5 aliphatic rings. The van der Waals surface area contributed by atoms with Crippen molar-refractivity contribution in [3.05, 3.63) is 0 Å². The second-order valence-corrected chi connectivity index (χ2v) is 12.0. The van der Waals surface area contributed by atoms with Gasteiger partial charge in [0.2, 0.25) is 0 Å². The van der Waals surface area contributed by atoms with Crippen molar-refractivity contribution in [2.75, 3.05) is 13.2 Å². The lowest BCUT2D eigenvalue weighted by Crippen LogP contribution is -2.63. The van der Waals surface area contributed by atoms with Crippen LogP contribution in [0.15, 0.2) is 0 Å². The Morgan fingerprint density at radius 1 is 1.21 bits per heavy atom. The van der Waals surface area contributed by atoms with Crippen molar-refractivity contribution in [2.24, 2.45) is 34.5 Å². The first-order valence-corrected chi connectivity index (χ1v) is 12.0. The molecule has 0 amide bonds. The molecule has 0 aromatic carbocycles. The predicted octanol–water partition coefficient (Wildman–Crippen LogP) is 3.85. The van der Waals surface area contributed by atoms with E-state index in [1.54, 1.807) is 0 Å². The number of rotatable bonds is 3. The predicted molar refractivity (Wildman–Crippen MR) is 109 cm³/mol. The third kappa shape index (κ3) is 2.63. The van der Waals surface area contributed by atoms with Gasteiger partial charge in [-0.2, -0.15) is 0 Å². The normalized spacial score (nSPS) is 50.4. The lowest BCUT2D eigenvalue weighted by Gasteiger charge is -2.61. The number of ether oxygens (including phenoxy) is 2. The monoisotopic (exact) mass is 466 g/mol. The maximum Gasteiger partial charge on any atom is 0.303 e. The highest BCUT2D eigenvalue weighted by molar-refractivity contribution is 9.10. The van der Waals surface area contributed by atoms with E-state index in [4.69, 9.17) is 9.47 Å². The molecule has 4 aliphatic carbocycles. The van der Waals surface area contributed by atoms with Crippen LogP contribution in [0.3, 0.4) is 0 Å². The first kappa shape index (κ1) is 20.2. The van der Waals surface area contributed by atoms with Gasteiger partial charge in [-0.15, -0.1) is 0 Å². The van der Waals surface area contributed by atoms with Crippen LogP contribution >= 0.6 is 15.9 Å². The van der Waals surface area contributed by atoms with Crippen molar-refractivity contribution in [2.45, 2.75) is 75.6 Å². The van der Waals surface area contributed by atoms with Crippen molar-refractivity contribution < 1.29 is 23.9 Å². The molecule has 6 heteroatoms. The smallest absolute Gasteiger partial charge is 0.303 e. The minimum atomic E-state index is -0.387. The van der Waals surface area contributed by atoms with Crippen molar-refractivity contribution in [3.8, 4) is 0 Å². The molecule has 0 spiro atoms. The number of hydrogen-bond acceptors (Lipinski definition) is 5. The minimum absolute atomic E-state index is 0.00698. The highest BCUT2D eigenvalue weighted by atomic mass is 79.9. The topological polar surface area (TPSA) is 69.7 Å². The molecule has 4 saturated carbocycles. The standard InChI is InChI=1S/C23H31BrO5/c1-13(25)28-11-19(27)18-4-3-16-15-9-20-23(24)10-14(26)5-8-22(23,12-29-20)17(15)6-7-21(16,18)2/h15-18,20H,3-12H2,1-2H3/t15?,16?,17?,18-,20-,21+,22+,23+/m1/s1. The molecule has 0 aromatic heterocycles. The summed E-state index contributed by atoms with van der Waals surface area (Å²) in [4.78, 5) is 36.3.